The lowest BCUT2D eigenvalue weighted by Gasteiger charge is -2.03. The monoisotopic (exact) mass is 321 g/mol. The average molecular weight is 322 g/mol. The van der Waals surface area contributed by atoms with Crippen LogP contribution in [0.1, 0.15) is 9.67 Å². The van der Waals surface area contributed by atoms with Crippen molar-refractivity contribution in [1.82, 2.24) is 0 Å². The van der Waals surface area contributed by atoms with E-state index >= 15 is 0 Å². The van der Waals surface area contributed by atoms with E-state index < -0.39 is 0 Å². The van der Waals surface area contributed by atoms with E-state index in [2.05, 4.69) is 5.32 Å². The van der Waals surface area contributed by atoms with Crippen LogP contribution in [0.2, 0.25) is 10.0 Å². The third-order valence-corrected chi connectivity index (χ3v) is 4.72. The van der Waals surface area contributed by atoms with Crippen LogP contribution in [-0.4, -0.2) is 5.91 Å². The molecule has 1 heterocycles. The van der Waals surface area contributed by atoms with Crippen molar-refractivity contribution in [1.29, 1.82) is 0 Å². The highest BCUT2D eigenvalue weighted by atomic mass is 35.5. The fourth-order valence-electron chi connectivity index (χ4n) is 1.89. The number of benzene rings is 2. The average Bonchev–Trinajstić information content (AvgIpc) is 2.76. The van der Waals surface area contributed by atoms with Gasteiger partial charge in [-0.1, -0.05) is 47.5 Å². The summed E-state index contributed by atoms with van der Waals surface area (Å²) in [5.74, 6) is -0.210. The topological polar surface area (TPSA) is 29.1 Å². The summed E-state index contributed by atoms with van der Waals surface area (Å²) in [7, 11) is 0. The summed E-state index contributed by atoms with van der Waals surface area (Å²) in [6, 6.07) is 14.7. The van der Waals surface area contributed by atoms with Crippen LogP contribution < -0.4 is 5.32 Å². The van der Waals surface area contributed by atoms with Crippen LogP contribution in [0.5, 0.6) is 0 Å². The zero-order valence-electron chi connectivity index (χ0n) is 10.2. The first-order valence-corrected chi connectivity index (χ1v) is 7.46. The van der Waals surface area contributed by atoms with Crippen LogP contribution in [0.15, 0.2) is 48.5 Å². The first-order chi connectivity index (χ1) is 9.65. The number of rotatable bonds is 2. The van der Waals surface area contributed by atoms with Crippen molar-refractivity contribution >= 4 is 56.2 Å². The second-order valence-corrected chi connectivity index (χ2v) is 6.07. The molecule has 0 saturated carbocycles. The molecule has 0 unspecified atom stereocenters. The summed E-state index contributed by atoms with van der Waals surface area (Å²) >= 11 is 13.6. The molecule has 0 fully saturated rings. The van der Waals surface area contributed by atoms with Crippen molar-refractivity contribution in [2.24, 2.45) is 0 Å². The number of thiophene rings is 1. The Kier molecular flexibility index (Phi) is 3.66. The van der Waals surface area contributed by atoms with Crippen molar-refractivity contribution < 1.29 is 4.79 Å². The van der Waals surface area contributed by atoms with Crippen molar-refractivity contribution in [2.45, 2.75) is 0 Å². The maximum Gasteiger partial charge on any atom is 0.267 e. The molecule has 0 aliphatic rings. The highest BCUT2D eigenvalue weighted by molar-refractivity contribution is 7.21. The number of anilines is 1. The molecular weight excluding hydrogens is 313 g/mol. The Bertz CT molecular complexity index is 783. The number of nitrogens with one attached hydrogen (secondary N) is 1. The van der Waals surface area contributed by atoms with Gasteiger partial charge in [-0.3, -0.25) is 4.79 Å². The van der Waals surface area contributed by atoms with Gasteiger partial charge in [0.15, 0.2) is 0 Å². The number of para-hydroxylation sites is 1. The number of amides is 1. The first-order valence-electron chi connectivity index (χ1n) is 5.89. The fourth-order valence-corrected chi connectivity index (χ4v) is 3.58. The molecule has 0 saturated heterocycles. The van der Waals surface area contributed by atoms with Crippen molar-refractivity contribution in [2.75, 3.05) is 5.32 Å². The second kappa shape index (κ2) is 5.44. The number of carbonyl (C=O) groups is 1. The van der Waals surface area contributed by atoms with Crippen LogP contribution in [-0.2, 0) is 0 Å². The van der Waals surface area contributed by atoms with E-state index in [1.54, 1.807) is 6.07 Å². The lowest BCUT2D eigenvalue weighted by molar-refractivity contribution is 0.103. The molecule has 0 radical (unpaired) electrons. The van der Waals surface area contributed by atoms with Gasteiger partial charge in [0.25, 0.3) is 5.91 Å². The molecule has 1 amide bonds. The minimum atomic E-state index is -0.210. The van der Waals surface area contributed by atoms with Gasteiger partial charge in [0, 0.05) is 20.8 Å². The summed E-state index contributed by atoms with van der Waals surface area (Å²) in [6.07, 6.45) is 0. The molecule has 20 heavy (non-hydrogen) atoms. The Labute approximate surface area is 129 Å². The molecule has 0 spiro atoms. The van der Waals surface area contributed by atoms with E-state index in [1.165, 1.54) is 11.3 Å². The first kappa shape index (κ1) is 13.4. The molecule has 0 aliphatic heterocycles. The molecule has 2 aromatic carbocycles. The maximum atomic E-state index is 12.3. The van der Waals surface area contributed by atoms with E-state index in [4.69, 9.17) is 23.2 Å². The van der Waals surface area contributed by atoms with Gasteiger partial charge >= 0.3 is 0 Å². The molecule has 1 N–H and O–H groups in total. The van der Waals surface area contributed by atoms with E-state index in [-0.39, 0.29) is 5.91 Å². The Morgan fingerprint density at radius 1 is 1.05 bits per heavy atom. The third-order valence-electron chi connectivity index (χ3n) is 2.83. The lowest BCUT2D eigenvalue weighted by Crippen LogP contribution is -2.10. The summed E-state index contributed by atoms with van der Waals surface area (Å²) in [5, 5.41) is 4.77. The van der Waals surface area contributed by atoms with Gasteiger partial charge in [0.1, 0.15) is 4.88 Å². The predicted octanol–water partition coefficient (Wildman–Crippen LogP) is 5.46. The van der Waals surface area contributed by atoms with Gasteiger partial charge in [0.05, 0.1) is 5.02 Å². The zero-order valence-corrected chi connectivity index (χ0v) is 12.5. The van der Waals surface area contributed by atoms with Gasteiger partial charge in [-0.15, -0.1) is 11.3 Å². The Morgan fingerprint density at radius 3 is 2.55 bits per heavy atom. The van der Waals surface area contributed by atoms with Crippen molar-refractivity contribution in [3.05, 3.63) is 63.5 Å². The Morgan fingerprint density at radius 2 is 1.80 bits per heavy atom. The van der Waals surface area contributed by atoms with Gasteiger partial charge < -0.3 is 5.32 Å². The predicted molar refractivity (Wildman–Crippen MR) is 86.2 cm³/mol. The summed E-state index contributed by atoms with van der Waals surface area (Å²) in [6.45, 7) is 0. The summed E-state index contributed by atoms with van der Waals surface area (Å²) in [4.78, 5) is 12.8. The minimum Gasteiger partial charge on any atom is -0.321 e. The molecule has 0 atom stereocenters. The van der Waals surface area contributed by atoms with E-state index in [9.17, 15) is 4.79 Å². The largest absolute Gasteiger partial charge is 0.321 e. The number of hydrogen-bond donors (Lipinski definition) is 1. The summed E-state index contributed by atoms with van der Waals surface area (Å²) in [5.41, 5.74) is 0.740. The molecule has 3 rings (SSSR count). The highest BCUT2D eigenvalue weighted by Crippen LogP contribution is 2.37. The lowest BCUT2D eigenvalue weighted by atomic mass is 10.2. The molecule has 1 aromatic heterocycles. The number of fused-ring (bicyclic) bond motifs is 1. The molecule has 100 valence electrons. The van der Waals surface area contributed by atoms with Crippen LogP contribution in [0.25, 0.3) is 10.1 Å². The normalized spacial score (nSPS) is 10.7. The second-order valence-electron chi connectivity index (χ2n) is 4.21. The fraction of sp³-hybridized carbons (Fsp3) is 0. The van der Waals surface area contributed by atoms with E-state index in [1.807, 2.05) is 42.5 Å². The molecule has 0 aliphatic carbocycles. The van der Waals surface area contributed by atoms with Crippen LogP contribution in [0.3, 0.4) is 0 Å². The van der Waals surface area contributed by atoms with Crippen LogP contribution in [0.4, 0.5) is 5.69 Å². The quantitative estimate of drug-likeness (QED) is 0.667. The summed E-state index contributed by atoms with van der Waals surface area (Å²) < 4.78 is 0.903. The van der Waals surface area contributed by atoms with Gasteiger partial charge in [0.2, 0.25) is 0 Å². The van der Waals surface area contributed by atoms with Crippen molar-refractivity contribution in [3.63, 3.8) is 0 Å². The van der Waals surface area contributed by atoms with Gasteiger partial charge in [-0.05, 0) is 24.3 Å². The number of carbonyl (C=O) groups excluding carboxylic acids is 1. The molecule has 0 bridgehead atoms. The Hall–Kier alpha value is -1.55. The van der Waals surface area contributed by atoms with Gasteiger partial charge in [-0.25, -0.2) is 0 Å². The molecular formula is C15H9Cl2NOS. The smallest absolute Gasteiger partial charge is 0.267 e. The maximum absolute atomic E-state index is 12.3. The van der Waals surface area contributed by atoms with E-state index in [0.717, 1.165) is 15.8 Å². The van der Waals surface area contributed by atoms with Gasteiger partial charge in [-0.2, -0.15) is 0 Å². The number of halogens is 2. The van der Waals surface area contributed by atoms with Crippen LogP contribution in [0, 0.1) is 0 Å². The number of hydrogen-bond acceptors (Lipinski definition) is 2. The molecule has 2 nitrogen and oxygen atoms in total. The third kappa shape index (κ3) is 2.52. The standard InChI is InChI=1S/C15H9Cl2NOS/c16-9-6-7-11-12(8-9)20-14(13(11)17)15(19)18-10-4-2-1-3-5-10/h1-8H,(H,18,19). The zero-order chi connectivity index (χ0) is 14.1. The van der Waals surface area contributed by atoms with Crippen LogP contribution >= 0.6 is 34.5 Å². The SMILES string of the molecule is O=C(Nc1ccccc1)c1sc2cc(Cl)ccc2c1Cl. The minimum absolute atomic E-state index is 0.210. The molecule has 5 heteroatoms. The van der Waals surface area contributed by atoms with Crippen molar-refractivity contribution in [3.8, 4) is 0 Å². The Balaban J connectivity index is 1.97. The highest BCUT2D eigenvalue weighted by Gasteiger charge is 2.17. The molecule has 3 aromatic rings. The van der Waals surface area contributed by atoms with E-state index in [0.29, 0.717) is 14.9 Å².